The first kappa shape index (κ1) is 33.3. The molecule has 0 unspecified atom stereocenters. The molecule has 3 N–H and O–H groups in total. The van der Waals surface area contributed by atoms with Gasteiger partial charge < -0.3 is 15.7 Å². The second-order valence-electron chi connectivity index (χ2n) is 10.4. The van der Waals surface area contributed by atoms with Gasteiger partial charge in [0.1, 0.15) is 11.6 Å². The summed E-state index contributed by atoms with van der Waals surface area (Å²) in [6, 6.07) is 15.9. The molecule has 0 aromatic heterocycles. The number of amides is 1. The van der Waals surface area contributed by atoms with E-state index in [1.54, 1.807) is 0 Å². The van der Waals surface area contributed by atoms with Gasteiger partial charge in [0.2, 0.25) is 10.0 Å². The summed E-state index contributed by atoms with van der Waals surface area (Å²) in [5.41, 5.74) is 2.70. The van der Waals surface area contributed by atoms with Crippen molar-refractivity contribution in [1.29, 1.82) is 0 Å². The summed E-state index contributed by atoms with van der Waals surface area (Å²) in [6.45, 7) is 7.29. The Morgan fingerprint density at radius 2 is 1.50 bits per heavy atom. The van der Waals surface area contributed by atoms with E-state index < -0.39 is 39.7 Å². The first-order chi connectivity index (χ1) is 20.1. The lowest BCUT2D eigenvalue weighted by molar-refractivity contribution is 0.0829. The first-order valence-electron chi connectivity index (χ1n) is 14.4. The summed E-state index contributed by atoms with van der Waals surface area (Å²) < 4.78 is 55.4. The Bertz CT molecular complexity index is 1390. The second kappa shape index (κ2) is 15.9. The molecule has 228 valence electrons. The maximum absolute atomic E-state index is 13.9. The molecule has 42 heavy (non-hydrogen) atoms. The number of hydrogen-bond acceptors (Lipinski definition) is 5. The van der Waals surface area contributed by atoms with Crippen LogP contribution in [0.2, 0.25) is 0 Å². The van der Waals surface area contributed by atoms with Crippen LogP contribution in [0, 0.1) is 11.6 Å². The Kier molecular flexibility index (Phi) is 12.6. The highest BCUT2D eigenvalue weighted by Crippen LogP contribution is 2.18. The summed E-state index contributed by atoms with van der Waals surface area (Å²) in [5, 5.41) is 17.0. The third-order valence-electron chi connectivity index (χ3n) is 6.94. The topological polar surface area (TPSA) is 98.7 Å². The predicted octanol–water partition coefficient (Wildman–Crippen LogP) is 4.83. The molecule has 2 atom stereocenters. The van der Waals surface area contributed by atoms with E-state index in [1.165, 1.54) is 34.1 Å². The molecule has 0 radical (unpaired) electrons. The zero-order valence-electron chi connectivity index (χ0n) is 24.4. The molecule has 3 rings (SSSR count). The molecular weight excluding hydrogens is 560 g/mol. The number of nitrogens with one attached hydrogen (secondary N) is 2. The fourth-order valence-corrected chi connectivity index (χ4v) is 6.39. The van der Waals surface area contributed by atoms with Crippen molar-refractivity contribution in [3.8, 4) is 0 Å². The number of aliphatic hydroxyl groups excluding tert-OH is 1. The van der Waals surface area contributed by atoms with Gasteiger partial charge in [0, 0.05) is 37.8 Å². The Labute approximate surface area is 248 Å². The molecule has 3 aromatic rings. The molecule has 0 aliphatic rings. The largest absolute Gasteiger partial charge is 0.390 e. The quantitative estimate of drug-likeness (QED) is 0.219. The van der Waals surface area contributed by atoms with Gasteiger partial charge in [-0.2, -0.15) is 4.31 Å². The number of sulfonamides is 1. The van der Waals surface area contributed by atoms with Crippen molar-refractivity contribution in [2.45, 2.75) is 70.0 Å². The molecule has 10 heteroatoms. The average molecular weight is 602 g/mol. The molecule has 0 bridgehead atoms. The minimum absolute atomic E-state index is 0.0238. The molecule has 0 saturated heterocycles. The van der Waals surface area contributed by atoms with E-state index in [0.717, 1.165) is 30.2 Å². The first-order valence-corrected chi connectivity index (χ1v) is 15.8. The summed E-state index contributed by atoms with van der Waals surface area (Å²) in [7, 11) is -3.71. The molecule has 0 fully saturated rings. The number of carbonyl (C=O) groups excluding carboxylic acids is 1. The minimum atomic E-state index is -3.71. The molecule has 0 aliphatic heterocycles. The van der Waals surface area contributed by atoms with Gasteiger partial charge in [-0.1, -0.05) is 45.0 Å². The van der Waals surface area contributed by atoms with E-state index in [0.29, 0.717) is 32.5 Å². The highest BCUT2D eigenvalue weighted by atomic mass is 32.2. The smallest absolute Gasteiger partial charge is 0.251 e. The van der Waals surface area contributed by atoms with Gasteiger partial charge in [0.05, 0.1) is 17.0 Å². The maximum atomic E-state index is 13.9. The molecule has 0 spiro atoms. The Morgan fingerprint density at radius 1 is 0.881 bits per heavy atom. The van der Waals surface area contributed by atoms with Crippen molar-refractivity contribution in [3.63, 3.8) is 0 Å². The van der Waals surface area contributed by atoms with E-state index in [2.05, 4.69) is 23.6 Å². The monoisotopic (exact) mass is 601 g/mol. The van der Waals surface area contributed by atoms with E-state index in [4.69, 9.17) is 0 Å². The van der Waals surface area contributed by atoms with Crippen molar-refractivity contribution in [2.24, 2.45) is 0 Å². The lowest BCUT2D eigenvalue weighted by Gasteiger charge is -2.25. The van der Waals surface area contributed by atoms with Crippen LogP contribution >= 0.6 is 0 Å². The number of hydrogen-bond donors (Lipinski definition) is 3. The van der Waals surface area contributed by atoms with Gasteiger partial charge in [-0.15, -0.1) is 0 Å². The normalized spacial score (nSPS) is 13.2. The van der Waals surface area contributed by atoms with Crippen LogP contribution in [-0.2, 0) is 29.4 Å². The number of benzene rings is 3. The fourth-order valence-electron chi connectivity index (χ4n) is 4.76. The van der Waals surface area contributed by atoms with Gasteiger partial charge in [-0.05, 0) is 78.8 Å². The van der Waals surface area contributed by atoms with Gasteiger partial charge in [-0.25, -0.2) is 17.2 Å². The SMILES string of the molecule is CCCN(CCC)S(=O)(=O)c1ccc(C(=O)N[C@@H](Cc2cc(F)cc(F)c2)[C@@H](O)CNCc2cccc(CC)c2)cc1. The standard InChI is InChI=1S/C32H41F2N3O4S/c1-4-14-37(15-5-2)42(40,41)29-12-10-26(11-13-29)32(39)36-30(19-25-17-27(33)20-28(34)18-25)31(38)22-35-21-24-9-7-8-23(6-3)16-24/h7-13,16-18,20,30-31,35,38H,4-6,14-15,19,21-22H2,1-3H3,(H,36,39)/t30-,31-/m0/s1. The van der Waals surface area contributed by atoms with Crippen molar-refractivity contribution >= 4 is 15.9 Å². The third kappa shape index (κ3) is 9.42. The molecular formula is C32H41F2N3O4S. The van der Waals surface area contributed by atoms with Crippen molar-refractivity contribution in [2.75, 3.05) is 19.6 Å². The highest BCUT2D eigenvalue weighted by molar-refractivity contribution is 7.89. The van der Waals surface area contributed by atoms with Crippen molar-refractivity contribution in [1.82, 2.24) is 14.9 Å². The van der Waals surface area contributed by atoms with Crippen molar-refractivity contribution in [3.05, 3.63) is 101 Å². The van der Waals surface area contributed by atoms with Crippen LogP contribution < -0.4 is 10.6 Å². The van der Waals surface area contributed by atoms with Crippen LogP contribution in [0.25, 0.3) is 0 Å². The van der Waals surface area contributed by atoms with Crippen LogP contribution in [0.5, 0.6) is 0 Å². The van der Waals surface area contributed by atoms with E-state index >= 15 is 0 Å². The van der Waals surface area contributed by atoms with E-state index in [1.807, 2.05) is 32.0 Å². The molecule has 0 aliphatic carbocycles. The van der Waals surface area contributed by atoms with E-state index in [-0.39, 0.29) is 29.0 Å². The van der Waals surface area contributed by atoms with E-state index in [9.17, 15) is 27.1 Å². The third-order valence-corrected chi connectivity index (χ3v) is 8.85. The number of rotatable bonds is 16. The molecule has 1 amide bonds. The molecule has 0 saturated carbocycles. The Balaban J connectivity index is 1.75. The van der Waals surface area contributed by atoms with Gasteiger partial charge in [0.15, 0.2) is 0 Å². The van der Waals surface area contributed by atoms with Crippen LogP contribution in [0.1, 0.15) is 60.7 Å². The van der Waals surface area contributed by atoms with Gasteiger partial charge >= 0.3 is 0 Å². The average Bonchev–Trinajstić information content (AvgIpc) is 2.96. The number of aryl methyl sites for hydroxylation is 1. The summed E-state index contributed by atoms with van der Waals surface area (Å²) in [5.74, 6) is -2.06. The van der Waals surface area contributed by atoms with Crippen LogP contribution in [0.3, 0.4) is 0 Å². The number of halogens is 2. The van der Waals surface area contributed by atoms with Crippen LogP contribution in [-0.4, -0.2) is 55.5 Å². The second-order valence-corrected chi connectivity index (χ2v) is 12.3. The Hall–Kier alpha value is -3.18. The van der Waals surface area contributed by atoms with Crippen LogP contribution in [0.15, 0.2) is 71.6 Å². The molecule has 0 heterocycles. The van der Waals surface area contributed by atoms with Crippen molar-refractivity contribution < 1.29 is 27.1 Å². The number of carbonyl (C=O) groups is 1. The number of nitrogens with zero attached hydrogens (tertiary/aromatic N) is 1. The molecule has 3 aromatic carbocycles. The predicted molar refractivity (Wildman–Crippen MR) is 161 cm³/mol. The molecule has 7 nitrogen and oxygen atoms in total. The lowest BCUT2D eigenvalue weighted by atomic mass is 10.00. The minimum Gasteiger partial charge on any atom is -0.390 e. The lowest BCUT2D eigenvalue weighted by Crippen LogP contribution is -2.48. The zero-order valence-corrected chi connectivity index (χ0v) is 25.3. The Morgan fingerprint density at radius 3 is 2.10 bits per heavy atom. The summed E-state index contributed by atoms with van der Waals surface area (Å²) >= 11 is 0. The summed E-state index contributed by atoms with van der Waals surface area (Å²) in [4.78, 5) is 13.3. The van der Waals surface area contributed by atoms with Gasteiger partial charge in [-0.3, -0.25) is 4.79 Å². The fraction of sp³-hybridized carbons (Fsp3) is 0.406. The van der Waals surface area contributed by atoms with Gasteiger partial charge in [0.25, 0.3) is 5.91 Å². The maximum Gasteiger partial charge on any atom is 0.251 e. The zero-order chi connectivity index (χ0) is 30.7. The summed E-state index contributed by atoms with van der Waals surface area (Å²) in [6.07, 6.45) is 1.14. The number of aliphatic hydroxyl groups is 1. The van der Waals surface area contributed by atoms with Crippen LogP contribution in [0.4, 0.5) is 8.78 Å². The highest BCUT2D eigenvalue weighted by Gasteiger charge is 2.25.